The van der Waals surface area contributed by atoms with Gasteiger partial charge in [-0.1, -0.05) is 0 Å². The molecular formula is C20H17N5O2. The lowest BCUT2D eigenvalue weighted by Crippen LogP contribution is -2.35. The van der Waals surface area contributed by atoms with Crippen molar-refractivity contribution in [2.24, 2.45) is 11.3 Å². The molecule has 2 aliphatic rings. The van der Waals surface area contributed by atoms with Gasteiger partial charge in [-0.05, 0) is 43.4 Å². The van der Waals surface area contributed by atoms with Gasteiger partial charge in [0.05, 0.1) is 23.5 Å². The van der Waals surface area contributed by atoms with Crippen LogP contribution in [0.15, 0.2) is 43.0 Å². The van der Waals surface area contributed by atoms with Crippen molar-refractivity contribution in [3.05, 3.63) is 43.0 Å². The monoisotopic (exact) mass is 359 g/mol. The fraction of sp³-hybridized carbons (Fsp3) is 0.300. The minimum atomic E-state index is -0.870. The minimum absolute atomic E-state index is 0.0916. The summed E-state index contributed by atoms with van der Waals surface area (Å²) in [5.41, 5.74) is 2.29. The van der Waals surface area contributed by atoms with E-state index in [2.05, 4.69) is 16.2 Å². The molecule has 1 aliphatic heterocycles. The zero-order valence-corrected chi connectivity index (χ0v) is 14.5. The van der Waals surface area contributed by atoms with Gasteiger partial charge in [-0.25, -0.2) is 4.52 Å². The van der Waals surface area contributed by atoms with Crippen LogP contribution in [0.5, 0.6) is 5.75 Å². The first-order chi connectivity index (χ1) is 13.1. The molecule has 1 saturated carbocycles. The Morgan fingerprint density at radius 3 is 2.85 bits per heavy atom. The van der Waals surface area contributed by atoms with E-state index in [0.29, 0.717) is 13.0 Å². The summed E-state index contributed by atoms with van der Waals surface area (Å²) < 4.78 is 1.71. The number of carbonyl (C=O) groups is 1. The Kier molecular flexibility index (Phi) is 3.25. The number of fused-ring (bicyclic) bond motifs is 1. The molecule has 3 aromatic rings. The number of rotatable bonds is 3. The zero-order chi connectivity index (χ0) is 18.6. The first kappa shape index (κ1) is 15.8. The molecule has 7 nitrogen and oxygen atoms in total. The quantitative estimate of drug-likeness (QED) is 0.776. The third kappa shape index (κ3) is 2.30. The predicted octanol–water partition coefficient (Wildman–Crippen LogP) is 2.76. The van der Waals surface area contributed by atoms with Gasteiger partial charge in [-0.2, -0.15) is 10.4 Å². The van der Waals surface area contributed by atoms with Gasteiger partial charge in [0.2, 0.25) is 5.91 Å². The number of nitrogens with zero attached hydrogens (tertiary/aromatic N) is 5. The van der Waals surface area contributed by atoms with Crippen LogP contribution in [0.1, 0.15) is 19.3 Å². The molecule has 134 valence electrons. The van der Waals surface area contributed by atoms with Crippen LogP contribution < -0.4 is 4.90 Å². The summed E-state index contributed by atoms with van der Waals surface area (Å²) in [5, 5.41) is 23.7. The molecule has 1 amide bonds. The van der Waals surface area contributed by atoms with Crippen molar-refractivity contribution < 1.29 is 9.90 Å². The lowest BCUT2D eigenvalue weighted by Gasteiger charge is -2.21. The van der Waals surface area contributed by atoms with Crippen molar-refractivity contribution >= 4 is 17.1 Å². The minimum Gasteiger partial charge on any atom is -0.506 e. The highest BCUT2D eigenvalue weighted by Crippen LogP contribution is 2.52. The number of nitriles is 1. The van der Waals surface area contributed by atoms with Crippen LogP contribution in [-0.4, -0.2) is 32.2 Å². The third-order valence-electron chi connectivity index (χ3n) is 5.66. The highest BCUT2D eigenvalue weighted by Gasteiger charge is 2.56. The number of hydrogen-bond donors (Lipinski definition) is 1. The van der Waals surface area contributed by atoms with Crippen LogP contribution in [0.4, 0.5) is 5.69 Å². The van der Waals surface area contributed by atoms with Crippen LogP contribution in [0, 0.1) is 22.7 Å². The average Bonchev–Trinajstić information content (AvgIpc) is 3.34. The summed E-state index contributed by atoms with van der Waals surface area (Å²) in [5.74, 6) is 0.190. The van der Waals surface area contributed by atoms with Gasteiger partial charge in [0, 0.05) is 36.3 Å². The van der Waals surface area contributed by atoms with Crippen LogP contribution in [-0.2, 0) is 4.79 Å². The molecule has 3 aromatic heterocycles. The van der Waals surface area contributed by atoms with Crippen molar-refractivity contribution in [3.63, 3.8) is 0 Å². The third-order valence-corrected chi connectivity index (χ3v) is 5.66. The van der Waals surface area contributed by atoms with Crippen molar-refractivity contribution in [1.29, 1.82) is 5.26 Å². The van der Waals surface area contributed by atoms with E-state index in [0.717, 1.165) is 35.2 Å². The normalized spacial score (nSPS) is 22.3. The number of amides is 1. The second-order valence-electron chi connectivity index (χ2n) is 7.27. The Balaban J connectivity index is 1.59. The molecule has 0 aromatic carbocycles. The molecule has 5 rings (SSSR count). The highest BCUT2D eigenvalue weighted by atomic mass is 16.3. The number of aromatic nitrogens is 3. The van der Waals surface area contributed by atoms with E-state index in [-0.39, 0.29) is 17.6 Å². The standard InChI is InChI=1S/C20H17N5O2/c21-12-20(15-1-2-15)4-6-24(19(20)27)17-3-5-23-25-11-14(8-18(17)25)13-7-16(26)10-22-9-13/h3,5,7-11,15,26H,1-2,4,6H2/t20-/m1/s1. The van der Waals surface area contributed by atoms with Gasteiger partial charge >= 0.3 is 0 Å². The number of carbonyl (C=O) groups excluding carboxylic acids is 1. The van der Waals surface area contributed by atoms with Crippen LogP contribution in [0.3, 0.4) is 0 Å². The Labute approximate surface area is 155 Å². The van der Waals surface area contributed by atoms with Crippen molar-refractivity contribution in [3.8, 4) is 22.9 Å². The van der Waals surface area contributed by atoms with Crippen molar-refractivity contribution in [2.75, 3.05) is 11.4 Å². The fourth-order valence-electron chi connectivity index (χ4n) is 4.09. The van der Waals surface area contributed by atoms with E-state index in [1.54, 1.807) is 27.9 Å². The Bertz CT molecular complexity index is 1110. The van der Waals surface area contributed by atoms with Crippen LogP contribution >= 0.6 is 0 Å². The molecule has 2 fully saturated rings. The van der Waals surface area contributed by atoms with Crippen LogP contribution in [0.25, 0.3) is 16.6 Å². The highest BCUT2D eigenvalue weighted by molar-refractivity contribution is 6.05. The summed E-state index contributed by atoms with van der Waals surface area (Å²) in [4.78, 5) is 18.9. The van der Waals surface area contributed by atoms with Gasteiger partial charge in [0.25, 0.3) is 0 Å². The molecule has 0 unspecified atom stereocenters. The molecule has 1 N–H and O–H groups in total. The molecule has 1 aliphatic carbocycles. The van der Waals surface area contributed by atoms with Crippen LogP contribution in [0.2, 0.25) is 0 Å². The van der Waals surface area contributed by atoms with Crippen molar-refractivity contribution in [2.45, 2.75) is 19.3 Å². The largest absolute Gasteiger partial charge is 0.506 e. The number of aromatic hydroxyl groups is 1. The van der Waals surface area contributed by atoms with E-state index >= 15 is 0 Å². The van der Waals surface area contributed by atoms with Gasteiger partial charge in [-0.15, -0.1) is 0 Å². The van der Waals surface area contributed by atoms with Gasteiger partial charge in [0.15, 0.2) is 0 Å². The smallest absolute Gasteiger partial charge is 0.247 e. The van der Waals surface area contributed by atoms with E-state index in [1.807, 2.05) is 18.3 Å². The molecule has 27 heavy (non-hydrogen) atoms. The van der Waals surface area contributed by atoms with E-state index in [9.17, 15) is 15.2 Å². The molecule has 0 radical (unpaired) electrons. The molecule has 4 heterocycles. The molecule has 0 bridgehead atoms. The summed E-state index contributed by atoms with van der Waals surface area (Å²) in [7, 11) is 0. The summed E-state index contributed by atoms with van der Waals surface area (Å²) in [6, 6.07) is 7.70. The SMILES string of the molecule is N#C[C@@]1(C2CC2)CCN(c2ccnn3cc(-c4cncc(O)c4)cc23)C1=O. The number of anilines is 1. The summed E-state index contributed by atoms with van der Waals surface area (Å²) in [6.07, 6.45) is 9.04. The van der Waals surface area contributed by atoms with Gasteiger partial charge in [0.1, 0.15) is 11.2 Å². The Morgan fingerprint density at radius 2 is 2.11 bits per heavy atom. The summed E-state index contributed by atoms with van der Waals surface area (Å²) >= 11 is 0. The van der Waals surface area contributed by atoms with Gasteiger partial charge < -0.3 is 10.0 Å². The maximum atomic E-state index is 13.1. The number of pyridine rings is 1. The Morgan fingerprint density at radius 1 is 1.26 bits per heavy atom. The van der Waals surface area contributed by atoms with Gasteiger partial charge in [-0.3, -0.25) is 9.78 Å². The lowest BCUT2D eigenvalue weighted by atomic mass is 9.83. The maximum Gasteiger partial charge on any atom is 0.247 e. The Hall–Kier alpha value is -3.40. The topological polar surface area (TPSA) is 94.5 Å². The molecular weight excluding hydrogens is 342 g/mol. The predicted molar refractivity (Wildman–Crippen MR) is 97.8 cm³/mol. The molecule has 1 atom stereocenters. The fourth-order valence-corrected chi connectivity index (χ4v) is 4.09. The molecule has 0 spiro atoms. The lowest BCUT2D eigenvalue weighted by molar-refractivity contribution is -0.123. The first-order valence-electron chi connectivity index (χ1n) is 8.97. The van der Waals surface area contributed by atoms with E-state index < -0.39 is 5.41 Å². The maximum absolute atomic E-state index is 13.1. The van der Waals surface area contributed by atoms with E-state index in [4.69, 9.17) is 0 Å². The zero-order valence-electron chi connectivity index (χ0n) is 14.5. The second kappa shape index (κ2) is 5.55. The second-order valence-corrected chi connectivity index (χ2v) is 7.27. The van der Waals surface area contributed by atoms with Crippen molar-refractivity contribution in [1.82, 2.24) is 14.6 Å². The average molecular weight is 359 g/mol. The molecule has 1 saturated heterocycles. The first-order valence-corrected chi connectivity index (χ1v) is 8.97. The summed E-state index contributed by atoms with van der Waals surface area (Å²) in [6.45, 7) is 0.538. The van der Waals surface area contributed by atoms with E-state index in [1.165, 1.54) is 6.20 Å². The number of hydrogen-bond acceptors (Lipinski definition) is 5. The molecule has 7 heteroatoms.